The molecule has 0 aromatic heterocycles. The first-order valence-corrected chi connectivity index (χ1v) is 4.96. The Labute approximate surface area is 85.1 Å². The SMILES string of the molecule is CNC(c1ccccc1Cl)C(C)C. The molecule has 1 N–H and O–H groups in total. The third-order valence-electron chi connectivity index (χ3n) is 2.22. The van der Waals surface area contributed by atoms with Crippen molar-refractivity contribution in [3.8, 4) is 0 Å². The highest BCUT2D eigenvalue weighted by atomic mass is 35.5. The lowest BCUT2D eigenvalue weighted by atomic mass is 9.96. The first-order valence-electron chi connectivity index (χ1n) is 4.58. The Hall–Kier alpha value is -0.530. The monoisotopic (exact) mass is 197 g/mol. The highest BCUT2D eigenvalue weighted by Gasteiger charge is 2.15. The van der Waals surface area contributed by atoms with Crippen LogP contribution in [-0.4, -0.2) is 7.05 Å². The lowest BCUT2D eigenvalue weighted by Gasteiger charge is -2.21. The maximum absolute atomic E-state index is 6.10. The van der Waals surface area contributed by atoms with Crippen molar-refractivity contribution in [3.05, 3.63) is 34.9 Å². The van der Waals surface area contributed by atoms with Crippen LogP contribution in [-0.2, 0) is 0 Å². The van der Waals surface area contributed by atoms with E-state index in [0.29, 0.717) is 12.0 Å². The molecule has 1 aromatic rings. The van der Waals surface area contributed by atoms with Crippen molar-refractivity contribution in [2.24, 2.45) is 5.92 Å². The number of rotatable bonds is 3. The molecule has 0 bridgehead atoms. The first kappa shape index (κ1) is 10.6. The van der Waals surface area contributed by atoms with Crippen LogP contribution in [0.4, 0.5) is 0 Å². The molecule has 0 amide bonds. The van der Waals surface area contributed by atoms with Crippen molar-refractivity contribution in [3.63, 3.8) is 0 Å². The van der Waals surface area contributed by atoms with Gasteiger partial charge in [-0.3, -0.25) is 0 Å². The topological polar surface area (TPSA) is 12.0 Å². The maximum atomic E-state index is 6.10. The number of nitrogens with one attached hydrogen (secondary N) is 1. The molecular formula is C11H16ClN. The van der Waals surface area contributed by atoms with E-state index in [-0.39, 0.29) is 0 Å². The number of hydrogen-bond donors (Lipinski definition) is 1. The van der Waals surface area contributed by atoms with Gasteiger partial charge in [0.25, 0.3) is 0 Å². The van der Waals surface area contributed by atoms with E-state index in [1.807, 2.05) is 25.2 Å². The lowest BCUT2D eigenvalue weighted by Crippen LogP contribution is -2.21. The van der Waals surface area contributed by atoms with Crippen LogP contribution in [0.3, 0.4) is 0 Å². The fourth-order valence-electron chi connectivity index (χ4n) is 1.58. The zero-order chi connectivity index (χ0) is 9.84. The Morgan fingerprint density at radius 3 is 2.31 bits per heavy atom. The van der Waals surface area contributed by atoms with Gasteiger partial charge in [-0.15, -0.1) is 0 Å². The van der Waals surface area contributed by atoms with E-state index in [1.165, 1.54) is 5.56 Å². The molecule has 13 heavy (non-hydrogen) atoms. The smallest absolute Gasteiger partial charge is 0.0453 e. The van der Waals surface area contributed by atoms with E-state index >= 15 is 0 Å². The van der Waals surface area contributed by atoms with Gasteiger partial charge < -0.3 is 5.32 Å². The van der Waals surface area contributed by atoms with Gasteiger partial charge in [0.1, 0.15) is 0 Å². The minimum Gasteiger partial charge on any atom is -0.313 e. The molecule has 1 nitrogen and oxygen atoms in total. The van der Waals surface area contributed by atoms with Crippen molar-refractivity contribution >= 4 is 11.6 Å². The van der Waals surface area contributed by atoms with Gasteiger partial charge in [-0.05, 0) is 24.6 Å². The number of halogens is 1. The first-order chi connectivity index (χ1) is 6.16. The van der Waals surface area contributed by atoms with E-state index in [1.54, 1.807) is 0 Å². The molecule has 2 heteroatoms. The van der Waals surface area contributed by atoms with Gasteiger partial charge in [-0.25, -0.2) is 0 Å². The minimum atomic E-state index is 0.341. The van der Waals surface area contributed by atoms with Crippen LogP contribution in [0.1, 0.15) is 25.5 Å². The normalized spacial score (nSPS) is 13.3. The molecule has 0 aliphatic heterocycles. The summed E-state index contributed by atoms with van der Waals surface area (Å²) in [5, 5.41) is 4.12. The predicted octanol–water partition coefficient (Wildman–Crippen LogP) is 3.26. The molecule has 1 unspecified atom stereocenters. The molecule has 72 valence electrons. The molecule has 0 radical (unpaired) electrons. The summed E-state index contributed by atoms with van der Waals surface area (Å²) in [4.78, 5) is 0. The summed E-state index contributed by atoms with van der Waals surface area (Å²) in [5.41, 5.74) is 1.18. The van der Waals surface area contributed by atoms with Crippen molar-refractivity contribution in [1.29, 1.82) is 0 Å². The highest BCUT2D eigenvalue weighted by Crippen LogP contribution is 2.27. The van der Waals surface area contributed by atoms with Gasteiger partial charge in [0.2, 0.25) is 0 Å². The van der Waals surface area contributed by atoms with E-state index < -0.39 is 0 Å². The largest absolute Gasteiger partial charge is 0.313 e. The average molecular weight is 198 g/mol. The van der Waals surface area contributed by atoms with E-state index in [4.69, 9.17) is 11.6 Å². The zero-order valence-corrected chi connectivity index (χ0v) is 9.10. The Balaban J connectivity index is 2.97. The molecular weight excluding hydrogens is 182 g/mol. The van der Waals surface area contributed by atoms with Crippen LogP contribution in [0.25, 0.3) is 0 Å². The lowest BCUT2D eigenvalue weighted by molar-refractivity contribution is 0.443. The van der Waals surface area contributed by atoms with E-state index in [9.17, 15) is 0 Å². The third kappa shape index (κ3) is 2.45. The molecule has 0 spiro atoms. The average Bonchev–Trinajstić information content (AvgIpc) is 2.09. The fraction of sp³-hybridized carbons (Fsp3) is 0.455. The highest BCUT2D eigenvalue weighted by molar-refractivity contribution is 6.31. The van der Waals surface area contributed by atoms with Crippen LogP contribution in [0.5, 0.6) is 0 Å². The Morgan fingerprint density at radius 2 is 1.85 bits per heavy atom. The predicted molar refractivity (Wildman–Crippen MR) is 58.1 cm³/mol. The van der Waals surface area contributed by atoms with Crippen LogP contribution in [0.2, 0.25) is 5.02 Å². The standard InChI is InChI=1S/C11H16ClN/c1-8(2)11(13-3)9-6-4-5-7-10(9)12/h4-8,11,13H,1-3H3. The van der Waals surface area contributed by atoms with Gasteiger partial charge in [0.05, 0.1) is 0 Å². The second-order valence-corrected chi connectivity index (χ2v) is 3.94. The van der Waals surface area contributed by atoms with Crippen molar-refractivity contribution < 1.29 is 0 Å². The van der Waals surface area contributed by atoms with Crippen LogP contribution in [0.15, 0.2) is 24.3 Å². The Kier molecular flexibility index (Phi) is 3.76. The number of hydrogen-bond acceptors (Lipinski definition) is 1. The molecule has 0 saturated heterocycles. The second-order valence-electron chi connectivity index (χ2n) is 3.53. The van der Waals surface area contributed by atoms with Gasteiger partial charge in [0.15, 0.2) is 0 Å². The fourth-order valence-corrected chi connectivity index (χ4v) is 1.83. The molecule has 0 saturated carbocycles. The summed E-state index contributed by atoms with van der Waals surface area (Å²) in [7, 11) is 1.97. The summed E-state index contributed by atoms with van der Waals surface area (Å²) in [6, 6.07) is 8.33. The molecule has 1 aromatic carbocycles. The maximum Gasteiger partial charge on any atom is 0.0453 e. The van der Waals surface area contributed by atoms with E-state index in [0.717, 1.165) is 5.02 Å². The summed E-state index contributed by atoms with van der Waals surface area (Å²) in [6.07, 6.45) is 0. The molecule has 0 aliphatic rings. The second kappa shape index (κ2) is 4.64. The summed E-state index contributed by atoms with van der Waals surface area (Å²) >= 11 is 6.10. The molecule has 0 fully saturated rings. The minimum absolute atomic E-state index is 0.341. The molecule has 1 rings (SSSR count). The summed E-state index contributed by atoms with van der Waals surface area (Å²) in [5.74, 6) is 0.546. The van der Waals surface area contributed by atoms with Gasteiger partial charge >= 0.3 is 0 Å². The Bertz CT molecular complexity index is 271. The van der Waals surface area contributed by atoms with Crippen molar-refractivity contribution in [2.45, 2.75) is 19.9 Å². The summed E-state index contributed by atoms with van der Waals surface area (Å²) in [6.45, 7) is 4.37. The van der Waals surface area contributed by atoms with Crippen LogP contribution in [0, 0.1) is 5.92 Å². The van der Waals surface area contributed by atoms with Gasteiger partial charge in [-0.2, -0.15) is 0 Å². The molecule has 0 heterocycles. The quantitative estimate of drug-likeness (QED) is 0.785. The van der Waals surface area contributed by atoms with Crippen LogP contribution >= 0.6 is 11.6 Å². The van der Waals surface area contributed by atoms with Gasteiger partial charge in [-0.1, -0.05) is 43.6 Å². The van der Waals surface area contributed by atoms with Crippen LogP contribution < -0.4 is 5.32 Å². The molecule has 1 atom stereocenters. The zero-order valence-electron chi connectivity index (χ0n) is 8.34. The summed E-state index contributed by atoms with van der Waals surface area (Å²) < 4.78 is 0. The third-order valence-corrected chi connectivity index (χ3v) is 2.56. The van der Waals surface area contributed by atoms with Crippen molar-refractivity contribution in [1.82, 2.24) is 5.32 Å². The van der Waals surface area contributed by atoms with Crippen molar-refractivity contribution in [2.75, 3.05) is 7.05 Å². The Morgan fingerprint density at radius 1 is 1.23 bits per heavy atom. The molecule has 0 aliphatic carbocycles. The van der Waals surface area contributed by atoms with E-state index in [2.05, 4.69) is 25.2 Å². The number of benzene rings is 1. The van der Waals surface area contributed by atoms with Gasteiger partial charge in [0, 0.05) is 11.1 Å².